The first kappa shape index (κ1) is 10.3. The van der Waals surface area contributed by atoms with E-state index in [1.54, 1.807) is 0 Å². The molecule has 0 radical (unpaired) electrons. The second-order valence-electron chi connectivity index (χ2n) is 4.54. The Hall–Kier alpha value is -0.830. The predicted octanol–water partition coefficient (Wildman–Crippen LogP) is 4.30. The van der Waals surface area contributed by atoms with E-state index in [1.807, 2.05) is 12.3 Å². The Morgan fingerprint density at radius 2 is 2.00 bits per heavy atom. The summed E-state index contributed by atoms with van der Waals surface area (Å²) < 4.78 is 3.57. The second-order valence-corrected chi connectivity index (χ2v) is 5.40. The van der Waals surface area contributed by atoms with Crippen LogP contribution in [0.3, 0.4) is 0 Å². The average Bonchev–Trinajstić information content (AvgIpc) is 2.75. The van der Waals surface area contributed by atoms with Crippen molar-refractivity contribution in [3.05, 3.63) is 29.0 Å². The summed E-state index contributed by atoms with van der Waals surface area (Å²) in [5.74, 6) is 0. The molecule has 84 valence electrons. The summed E-state index contributed by atoms with van der Waals surface area (Å²) in [6, 6.07) is 4.82. The lowest BCUT2D eigenvalue weighted by atomic mass is 9.95. The molecule has 2 aromatic rings. The second kappa shape index (κ2) is 4.21. The van der Waals surface area contributed by atoms with Crippen LogP contribution >= 0.6 is 15.9 Å². The maximum Gasteiger partial charge on any atom is 0.0892 e. The van der Waals surface area contributed by atoms with Gasteiger partial charge in [0, 0.05) is 22.9 Å². The molecule has 0 unspecified atom stereocenters. The summed E-state index contributed by atoms with van der Waals surface area (Å²) in [5, 5.41) is 0. The van der Waals surface area contributed by atoms with E-state index < -0.39 is 0 Å². The molecule has 1 aliphatic rings. The van der Waals surface area contributed by atoms with E-state index in [4.69, 9.17) is 0 Å². The highest BCUT2D eigenvalue weighted by Gasteiger charge is 2.17. The Kier molecular flexibility index (Phi) is 2.72. The molecule has 0 aromatic carbocycles. The fourth-order valence-corrected chi connectivity index (χ4v) is 3.24. The van der Waals surface area contributed by atoms with Crippen molar-refractivity contribution in [2.75, 3.05) is 0 Å². The van der Waals surface area contributed by atoms with Gasteiger partial charge in [-0.05, 0) is 40.9 Å². The quantitative estimate of drug-likeness (QED) is 0.760. The number of hydrogen-bond acceptors (Lipinski definition) is 1. The molecule has 1 saturated carbocycles. The number of aromatic nitrogens is 2. The van der Waals surface area contributed by atoms with E-state index in [1.165, 1.54) is 37.6 Å². The third kappa shape index (κ3) is 1.67. The van der Waals surface area contributed by atoms with Crippen LogP contribution in [0, 0.1) is 0 Å². The Labute approximate surface area is 104 Å². The van der Waals surface area contributed by atoms with Gasteiger partial charge in [-0.25, -0.2) is 0 Å². The molecule has 1 aliphatic carbocycles. The van der Waals surface area contributed by atoms with Crippen molar-refractivity contribution in [3.63, 3.8) is 0 Å². The van der Waals surface area contributed by atoms with Crippen LogP contribution in [0.25, 0.3) is 11.0 Å². The molecule has 16 heavy (non-hydrogen) atoms. The van der Waals surface area contributed by atoms with Crippen molar-refractivity contribution >= 4 is 27.0 Å². The number of halogens is 1. The first-order chi connectivity index (χ1) is 7.86. The van der Waals surface area contributed by atoms with Gasteiger partial charge < -0.3 is 4.57 Å². The van der Waals surface area contributed by atoms with Gasteiger partial charge in [0.2, 0.25) is 0 Å². The normalized spacial score (nSPS) is 18.1. The number of rotatable bonds is 1. The van der Waals surface area contributed by atoms with Crippen molar-refractivity contribution in [2.45, 2.75) is 38.1 Å². The molecule has 0 N–H and O–H groups in total. The number of nitrogens with zero attached hydrogens (tertiary/aromatic N) is 2. The molecule has 0 amide bonds. The summed E-state index contributed by atoms with van der Waals surface area (Å²) in [4.78, 5) is 4.41. The standard InChI is InChI=1S/C13H15BrN2/c14-11-6-8-15-12-7-9-16(13(11)12)10-4-2-1-3-5-10/h6-10H,1-5H2. The lowest BCUT2D eigenvalue weighted by molar-refractivity contribution is 0.360. The van der Waals surface area contributed by atoms with Gasteiger partial charge >= 0.3 is 0 Å². The predicted molar refractivity (Wildman–Crippen MR) is 69.6 cm³/mol. The minimum atomic E-state index is 0.673. The lowest BCUT2D eigenvalue weighted by Gasteiger charge is -2.24. The fourth-order valence-electron chi connectivity index (χ4n) is 2.71. The van der Waals surface area contributed by atoms with Gasteiger partial charge in [0.05, 0.1) is 11.0 Å². The van der Waals surface area contributed by atoms with E-state index in [0.717, 1.165) is 9.99 Å². The van der Waals surface area contributed by atoms with E-state index in [0.29, 0.717) is 6.04 Å². The van der Waals surface area contributed by atoms with Crippen LogP contribution in [0.4, 0.5) is 0 Å². The number of pyridine rings is 1. The van der Waals surface area contributed by atoms with Crippen LogP contribution in [0.15, 0.2) is 29.0 Å². The highest BCUT2D eigenvalue weighted by Crippen LogP contribution is 2.33. The molecule has 0 atom stereocenters. The summed E-state index contributed by atoms with van der Waals surface area (Å²) >= 11 is 3.63. The van der Waals surface area contributed by atoms with Gasteiger partial charge in [-0.2, -0.15) is 0 Å². The number of fused-ring (bicyclic) bond motifs is 1. The Balaban J connectivity index is 2.09. The zero-order chi connectivity index (χ0) is 11.0. The van der Waals surface area contributed by atoms with E-state index >= 15 is 0 Å². The highest BCUT2D eigenvalue weighted by atomic mass is 79.9. The molecule has 0 spiro atoms. The first-order valence-electron chi connectivity index (χ1n) is 5.97. The smallest absolute Gasteiger partial charge is 0.0892 e. The Morgan fingerprint density at radius 3 is 2.81 bits per heavy atom. The van der Waals surface area contributed by atoms with Gasteiger partial charge in [-0.3, -0.25) is 4.98 Å². The zero-order valence-electron chi connectivity index (χ0n) is 9.19. The van der Waals surface area contributed by atoms with Gasteiger partial charge in [-0.15, -0.1) is 0 Å². The van der Waals surface area contributed by atoms with Gasteiger partial charge in [0.1, 0.15) is 0 Å². The van der Waals surface area contributed by atoms with Crippen LogP contribution in [-0.2, 0) is 0 Å². The van der Waals surface area contributed by atoms with E-state index in [-0.39, 0.29) is 0 Å². The molecule has 3 heteroatoms. The van der Waals surface area contributed by atoms with Crippen LogP contribution < -0.4 is 0 Å². The molecule has 0 saturated heterocycles. The SMILES string of the molecule is Brc1ccnc2ccn(C3CCCCC3)c12. The maximum absolute atomic E-state index is 4.41. The van der Waals surface area contributed by atoms with Crippen LogP contribution in [0.5, 0.6) is 0 Å². The molecule has 0 bridgehead atoms. The minimum Gasteiger partial charge on any atom is -0.342 e. The number of hydrogen-bond donors (Lipinski definition) is 0. The molecule has 1 fully saturated rings. The van der Waals surface area contributed by atoms with Crippen LogP contribution in [0.2, 0.25) is 0 Å². The molecule has 3 rings (SSSR count). The third-order valence-corrected chi connectivity index (χ3v) is 4.16. The monoisotopic (exact) mass is 278 g/mol. The molecule has 2 aromatic heterocycles. The molecule has 2 heterocycles. The zero-order valence-corrected chi connectivity index (χ0v) is 10.8. The maximum atomic E-state index is 4.41. The van der Waals surface area contributed by atoms with E-state index in [9.17, 15) is 0 Å². The highest BCUT2D eigenvalue weighted by molar-refractivity contribution is 9.10. The Morgan fingerprint density at radius 1 is 1.19 bits per heavy atom. The largest absolute Gasteiger partial charge is 0.342 e. The molecule has 0 aliphatic heterocycles. The van der Waals surface area contributed by atoms with Gasteiger partial charge in [0.15, 0.2) is 0 Å². The summed E-state index contributed by atoms with van der Waals surface area (Å²) in [7, 11) is 0. The van der Waals surface area contributed by atoms with Crippen molar-refractivity contribution in [1.29, 1.82) is 0 Å². The van der Waals surface area contributed by atoms with Crippen molar-refractivity contribution in [1.82, 2.24) is 9.55 Å². The Bertz CT molecular complexity index is 498. The van der Waals surface area contributed by atoms with E-state index in [2.05, 4.69) is 37.7 Å². The lowest BCUT2D eigenvalue weighted by Crippen LogP contribution is -2.11. The van der Waals surface area contributed by atoms with Crippen LogP contribution in [-0.4, -0.2) is 9.55 Å². The third-order valence-electron chi connectivity index (χ3n) is 3.52. The van der Waals surface area contributed by atoms with Crippen molar-refractivity contribution in [3.8, 4) is 0 Å². The minimum absolute atomic E-state index is 0.673. The average molecular weight is 279 g/mol. The first-order valence-corrected chi connectivity index (χ1v) is 6.76. The topological polar surface area (TPSA) is 17.8 Å². The summed E-state index contributed by atoms with van der Waals surface area (Å²) in [6.45, 7) is 0. The van der Waals surface area contributed by atoms with Gasteiger partial charge in [-0.1, -0.05) is 19.3 Å². The fraction of sp³-hybridized carbons (Fsp3) is 0.462. The van der Waals surface area contributed by atoms with Crippen LogP contribution in [0.1, 0.15) is 38.1 Å². The molecular weight excluding hydrogens is 264 g/mol. The van der Waals surface area contributed by atoms with Crippen molar-refractivity contribution < 1.29 is 0 Å². The summed E-state index contributed by atoms with van der Waals surface area (Å²) in [6.07, 6.45) is 10.8. The van der Waals surface area contributed by atoms with Gasteiger partial charge in [0.25, 0.3) is 0 Å². The molecule has 2 nitrogen and oxygen atoms in total. The van der Waals surface area contributed by atoms with Crippen molar-refractivity contribution in [2.24, 2.45) is 0 Å². The summed E-state index contributed by atoms with van der Waals surface area (Å²) in [5.41, 5.74) is 2.36. The molecular formula is C13H15BrN2.